The molecule has 148 valence electrons. The summed E-state index contributed by atoms with van der Waals surface area (Å²) in [5.41, 5.74) is 2.89. The first kappa shape index (κ1) is 19.3. The minimum atomic E-state index is -0.287. The number of aromatic nitrogens is 2. The van der Waals surface area contributed by atoms with Gasteiger partial charge in [-0.25, -0.2) is 9.07 Å². The van der Waals surface area contributed by atoms with Crippen molar-refractivity contribution in [2.24, 2.45) is 0 Å². The van der Waals surface area contributed by atoms with Gasteiger partial charge in [-0.05, 0) is 62.6 Å². The topological polar surface area (TPSA) is 46.9 Å². The van der Waals surface area contributed by atoms with Crippen molar-refractivity contribution in [2.75, 3.05) is 0 Å². The lowest BCUT2D eigenvalue weighted by molar-refractivity contribution is 0.0942. The highest BCUT2D eigenvalue weighted by Crippen LogP contribution is 2.30. The van der Waals surface area contributed by atoms with Crippen LogP contribution >= 0.6 is 11.3 Å². The van der Waals surface area contributed by atoms with E-state index < -0.39 is 0 Å². The molecule has 2 heterocycles. The Labute approximate surface area is 173 Å². The van der Waals surface area contributed by atoms with Crippen molar-refractivity contribution in [3.63, 3.8) is 0 Å². The zero-order valence-corrected chi connectivity index (χ0v) is 17.2. The number of carbonyl (C=O) groups excluding carboxylic acids is 1. The average Bonchev–Trinajstić information content (AvgIpc) is 3.29. The van der Waals surface area contributed by atoms with Gasteiger partial charge in [0.2, 0.25) is 0 Å². The van der Waals surface area contributed by atoms with Crippen LogP contribution < -0.4 is 5.32 Å². The number of rotatable bonds is 6. The SMILES string of the molecule is Cc1nn(-c2ccc(F)cc2)c2sc(C(=O)NC(C)CCc3ccccc3)cc12. The summed E-state index contributed by atoms with van der Waals surface area (Å²) in [5, 5.41) is 8.59. The molecule has 29 heavy (non-hydrogen) atoms. The van der Waals surface area contributed by atoms with Gasteiger partial charge in [-0.3, -0.25) is 4.79 Å². The molecule has 1 unspecified atom stereocenters. The fraction of sp³-hybridized carbons (Fsp3) is 0.217. The molecule has 6 heteroatoms. The number of hydrogen-bond donors (Lipinski definition) is 1. The second-order valence-electron chi connectivity index (χ2n) is 7.20. The minimum Gasteiger partial charge on any atom is -0.349 e. The quantitative estimate of drug-likeness (QED) is 0.472. The van der Waals surface area contributed by atoms with Crippen molar-refractivity contribution < 1.29 is 9.18 Å². The van der Waals surface area contributed by atoms with E-state index in [1.54, 1.807) is 16.8 Å². The van der Waals surface area contributed by atoms with Gasteiger partial charge in [-0.1, -0.05) is 30.3 Å². The Bertz CT molecular complexity index is 1130. The fourth-order valence-corrected chi connectivity index (χ4v) is 4.40. The van der Waals surface area contributed by atoms with Gasteiger partial charge >= 0.3 is 0 Å². The molecular formula is C23H22FN3OS. The number of nitrogens with zero attached hydrogens (tertiary/aromatic N) is 2. The molecule has 1 N–H and O–H groups in total. The smallest absolute Gasteiger partial charge is 0.261 e. The van der Waals surface area contributed by atoms with E-state index in [0.29, 0.717) is 4.88 Å². The van der Waals surface area contributed by atoms with Crippen LogP contribution in [0, 0.1) is 12.7 Å². The Kier molecular flexibility index (Phi) is 5.45. The predicted molar refractivity (Wildman–Crippen MR) is 115 cm³/mol. The van der Waals surface area contributed by atoms with Crippen molar-refractivity contribution in [3.05, 3.63) is 82.6 Å². The molecule has 0 radical (unpaired) electrons. The van der Waals surface area contributed by atoms with Gasteiger partial charge < -0.3 is 5.32 Å². The molecule has 0 saturated heterocycles. The second kappa shape index (κ2) is 8.17. The third kappa shape index (κ3) is 4.22. The number of carbonyl (C=O) groups is 1. The zero-order chi connectivity index (χ0) is 20.4. The van der Waals surface area contributed by atoms with Gasteiger partial charge in [0.1, 0.15) is 10.6 Å². The Morgan fingerprint density at radius 3 is 2.62 bits per heavy atom. The Morgan fingerprint density at radius 1 is 1.17 bits per heavy atom. The molecule has 0 aliphatic heterocycles. The summed E-state index contributed by atoms with van der Waals surface area (Å²) in [6, 6.07) is 18.4. The molecule has 1 atom stereocenters. The van der Waals surface area contributed by atoms with Crippen molar-refractivity contribution in [3.8, 4) is 5.69 Å². The highest BCUT2D eigenvalue weighted by Gasteiger charge is 2.18. The fourth-order valence-electron chi connectivity index (χ4n) is 3.31. The van der Waals surface area contributed by atoms with E-state index in [-0.39, 0.29) is 17.8 Å². The van der Waals surface area contributed by atoms with Crippen LogP contribution in [0.3, 0.4) is 0 Å². The largest absolute Gasteiger partial charge is 0.349 e. The maximum absolute atomic E-state index is 13.2. The molecule has 2 aromatic heterocycles. The first-order valence-corrected chi connectivity index (χ1v) is 10.4. The number of fused-ring (bicyclic) bond motifs is 1. The molecule has 2 aromatic carbocycles. The van der Waals surface area contributed by atoms with Crippen molar-refractivity contribution >= 4 is 27.5 Å². The number of hydrogen-bond acceptors (Lipinski definition) is 3. The van der Waals surface area contributed by atoms with Gasteiger partial charge in [-0.15, -0.1) is 11.3 Å². The number of aryl methyl sites for hydroxylation is 2. The number of amides is 1. The van der Waals surface area contributed by atoms with Crippen LogP contribution in [0.4, 0.5) is 4.39 Å². The second-order valence-corrected chi connectivity index (χ2v) is 8.23. The number of benzene rings is 2. The van der Waals surface area contributed by atoms with Crippen LogP contribution in [0.5, 0.6) is 0 Å². The van der Waals surface area contributed by atoms with E-state index in [1.807, 2.05) is 38.1 Å². The molecule has 0 spiro atoms. The third-order valence-corrected chi connectivity index (χ3v) is 6.04. The van der Waals surface area contributed by atoms with Crippen LogP contribution in [0.25, 0.3) is 15.9 Å². The Hall–Kier alpha value is -2.99. The van der Waals surface area contributed by atoms with Crippen LogP contribution in [0.1, 0.15) is 34.3 Å². The molecule has 4 aromatic rings. The van der Waals surface area contributed by atoms with E-state index in [9.17, 15) is 9.18 Å². The summed E-state index contributed by atoms with van der Waals surface area (Å²) < 4.78 is 15.0. The molecule has 1 amide bonds. The van der Waals surface area contributed by atoms with E-state index in [2.05, 4.69) is 22.5 Å². The van der Waals surface area contributed by atoms with Gasteiger partial charge in [0.15, 0.2) is 0 Å². The van der Waals surface area contributed by atoms with Gasteiger partial charge in [0.25, 0.3) is 5.91 Å². The van der Waals surface area contributed by atoms with E-state index in [1.165, 1.54) is 29.0 Å². The number of thiophene rings is 1. The van der Waals surface area contributed by atoms with Crippen LogP contribution in [0.15, 0.2) is 60.7 Å². The lowest BCUT2D eigenvalue weighted by atomic mass is 10.1. The average molecular weight is 408 g/mol. The van der Waals surface area contributed by atoms with Crippen LogP contribution in [-0.4, -0.2) is 21.7 Å². The summed E-state index contributed by atoms with van der Waals surface area (Å²) in [6.45, 7) is 3.94. The molecule has 0 bridgehead atoms. The van der Waals surface area contributed by atoms with E-state index in [0.717, 1.165) is 34.4 Å². The highest BCUT2D eigenvalue weighted by atomic mass is 32.1. The van der Waals surface area contributed by atoms with Crippen molar-refractivity contribution in [1.29, 1.82) is 0 Å². The summed E-state index contributed by atoms with van der Waals surface area (Å²) in [4.78, 5) is 14.3. The maximum atomic E-state index is 13.2. The van der Waals surface area contributed by atoms with Gasteiger partial charge in [0, 0.05) is 11.4 Å². The first-order valence-electron chi connectivity index (χ1n) is 9.61. The third-order valence-electron chi connectivity index (χ3n) is 4.93. The molecule has 4 nitrogen and oxygen atoms in total. The van der Waals surface area contributed by atoms with Crippen molar-refractivity contribution in [2.45, 2.75) is 32.7 Å². The predicted octanol–water partition coefficient (Wildman–Crippen LogP) is 5.29. The Morgan fingerprint density at radius 2 is 1.90 bits per heavy atom. The minimum absolute atomic E-state index is 0.0719. The molecule has 0 saturated carbocycles. The zero-order valence-electron chi connectivity index (χ0n) is 16.4. The number of halogens is 1. The summed E-state index contributed by atoms with van der Waals surface area (Å²) in [6.07, 6.45) is 1.80. The molecular weight excluding hydrogens is 385 g/mol. The van der Waals surface area contributed by atoms with Crippen LogP contribution in [-0.2, 0) is 6.42 Å². The lowest BCUT2D eigenvalue weighted by Crippen LogP contribution is -2.32. The van der Waals surface area contributed by atoms with E-state index in [4.69, 9.17) is 0 Å². The standard InChI is InChI=1S/C23H22FN3OS/c1-15(8-9-17-6-4-3-5-7-17)25-22(28)21-14-20-16(2)26-27(23(20)29-21)19-12-10-18(24)11-13-19/h3-7,10-15H,8-9H2,1-2H3,(H,25,28). The molecule has 0 aliphatic carbocycles. The van der Waals surface area contributed by atoms with Gasteiger partial charge in [0.05, 0.1) is 16.3 Å². The van der Waals surface area contributed by atoms with Gasteiger partial charge in [-0.2, -0.15) is 5.10 Å². The Balaban J connectivity index is 1.49. The van der Waals surface area contributed by atoms with Crippen LogP contribution in [0.2, 0.25) is 0 Å². The monoisotopic (exact) mass is 407 g/mol. The molecule has 4 rings (SSSR count). The first-order chi connectivity index (χ1) is 14.0. The summed E-state index contributed by atoms with van der Waals surface area (Å²) in [7, 11) is 0. The van der Waals surface area contributed by atoms with Crippen molar-refractivity contribution in [1.82, 2.24) is 15.1 Å². The molecule has 0 fully saturated rings. The summed E-state index contributed by atoms with van der Waals surface area (Å²) in [5.74, 6) is -0.360. The molecule has 0 aliphatic rings. The lowest BCUT2D eigenvalue weighted by Gasteiger charge is -2.13. The summed E-state index contributed by atoms with van der Waals surface area (Å²) >= 11 is 1.40. The number of nitrogens with one attached hydrogen (secondary N) is 1. The normalized spacial score (nSPS) is 12.2. The maximum Gasteiger partial charge on any atom is 0.261 e. The van der Waals surface area contributed by atoms with E-state index >= 15 is 0 Å². The highest BCUT2D eigenvalue weighted by molar-refractivity contribution is 7.20.